The Balaban J connectivity index is 2.67. The molecule has 1 fully saturated rings. The molecule has 4 atom stereocenters. The van der Waals surface area contributed by atoms with Crippen LogP contribution in [0.1, 0.15) is 20.3 Å². The van der Waals surface area contributed by atoms with Gasteiger partial charge in [-0.15, -0.1) is 0 Å². The number of hydrogen-bond acceptors (Lipinski definition) is 7. The van der Waals surface area contributed by atoms with Gasteiger partial charge in [-0.3, -0.25) is 9.59 Å². The minimum atomic E-state index is -0.921. The number of carbonyl (C=O) groups excluding carboxylic acids is 2. The van der Waals surface area contributed by atoms with Crippen molar-refractivity contribution >= 4 is 23.5 Å². The van der Waals surface area contributed by atoms with E-state index in [-0.39, 0.29) is 13.0 Å². The third-order valence-corrected chi connectivity index (χ3v) is 2.79. The van der Waals surface area contributed by atoms with Gasteiger partial charge in [0, 0.05) is 20.3 Å². The molecule has 7 nitrogen and oxygen atoms in total. The lowest BCUT2D eigenvalue weighted by Crippen LogP contribution is -2.48. The van der Waals surface area contributed by atoms with E-state index in [2.05, 4.69) is 5.18 Å². The maximum absolute atomic E-state index is 10.9. The normalized spacial score (nSPS) is 31.5. The zero-order chi connectivity index (χ0) is 13.7. The van der Waals surface area contributed by atoms with E-state index in [1.807, 2.05) is 0 Å². The minimum Gasteiger partial charge on any atom is -0.463 e. The summed E-state index contributed by atoms with van der Waals surface area (Å²) in [7, 11) is 0. The number of esters is 2. The second-order valence-electron chi connectivity index (χ2n) is 3.88. The van der Waals surface area contributed by atoms with Gasteiger partial charge in [0.15, 0.2) is 5.56 Å². The van der Waals surface area contributed by atoms with Gasteiger partial charge in [0.2, 0.25) is 0 Å². The van der Waals surface area contributed by atoms with E-state index in [9.17, 15) is 14.5 Å². The fourth-order valence-corrected chi connectivity index (χ4v) is 1.90. The number of nitrogens with zero attached hydrogens (tertiary/aromatic N) is 1. The SMILES string of the molecule is CC(=O)OC[C@H]1O[C@H](Cl)[C@H](N=O)C[C@@H]1OC(C)=O. The van der Waals surface area contributed by atoms with Crippen LogP contribution in [-0.2, 0) is 23.8 Å². The summed E-state index contributed by atoms with van der Waals surface area (Å²) >= 11 is 5.80. The summed E-state index contributed by atoms with van der Waals surface area (Å²) in [5, 5.41) is 2.81. The second-order valence-corrected chi connectivity index (χ2v) is 4.31. The summed E-state index contributed by atoms with van der Waals surface area (Å²) in [5.41, 5.74) is -0.921. The number of nitroso groups, excluding NO2 is 1. The molecule has 0 aliphatic carbocycles. The summed E-state index contributed by atoms with van der Waals surface area (Å²) in [6.07, 6.45) is -1.26. The van der Waals surface area contributed by atoms with Crippen molar-refractivity contribution in [1.29, 1.82) is 0 Å². The molecule has 1 heterocycles. The van der Waals surface area contributed by atoms with Crippen molar-refractivity contribution in [3.8, 4) is 0 Å². The Morgan fingerprint density at radius 2 is 2.06 bits per heavy atom. The number of carbonyl (C=O) groups is 2. The van der Waals surface area contributed by atoms with E-state index < -0.39 is 35.8 Å². The number of hydrogen-bond donors (Lipinski definition) is 0. The van der Waals surface area contributed by atoms with Crippen LogP contribution >= 0.6 is 11.6 Å². The molecule has 0 spiro atoms. The van der Waals surface area contributed by atoms with Crippen LogP contribution in [0.25, 0.3) is 0 Å². The minimum absolute atomic E-state index is 0.0952. The van der Waals surface area contributed by atoms with Gasteiger partial charge in [0.1, 0.15) is 24.9 Å². The highest BCUT2D eigenvalue weighted by Crippen LogP contribution is 2.27. The first-order valence-corrected chi connectivity index (χ1v) is 5.80. The summed E-state index contributed by atoms with van der Waals surface area (Å²) < 4.78 is 15.1. The van der Waals surface area contributed by atoms with Crippen LogP contribution in [0.3, 0.4) is 0 Å². The maximum atomic E-state index is 10.9. The first-order chi connectivity index (χ1) is 8.43. The zero-order valence-electron chi connectivity index (χ0n) is 10.00. The molecule has 0 aromatic heterocycles. The Bertz CT molecular complexity index is 336. The third kappa shape index (κ3) is 4.23. The lowest BCUT2D eigenvalue weighted by atomic mass is 10.0. The Labute approximate surface area is 109 Å². The van der Waals surface area contributed by atoms with Crippen LogP contribution in [0, 0.1) is 4.91 Å². The lowest BCUT2D eigenvalue weighted by Gasteiger charge is -2.35. The molecule has 1 rings (SSSR count). The van der Waals surface area contributed by atoms with E-state index in [1.54, 1.807) is 0 Å². The molecule has 0 amide bonds. The maximum Gasteiger partial charge on any atom is 0.302 e. The topological polar surface area (TPSA) is 91.3 Å². The predicted octanol–water partition coefficient (Wildman–Crippen LogP) is 0.970. The fourth-order valence-electron chi connectivity index (χ4n) is 1.62. The highest BCUT2D eigenvalue weighted by atomic mass is 35.5. The van der Waals surface area contributed by atoms with E-state index >= 15 is 0 Å². The van der Waals surface area contributed by atoms with Crippen molar-refractivity contribution in [3.05, 3.63) is 4.91 Å². The van der Waals surface area contributed by atoms with E-state index in [0.29, 0.717) is 0 Å². The quantitative estimate of drug-likeness (QED) is 0.433. The van der Waals surface area contributed by atoms with Crippen LogP contribution in [0.5, 0.6) is 0 Å². The molecule has 0 saturated carbocycles. The average molecular weight is 280 g/mol. The van der Waals surface area contributed by atoms with Gasteiger partial charge in [-0.05, 0) is 0 Å². The Morgan fingerprint density at radius 1 is 1.39 bits per heavy atom. The molecule has 0 bridgehead atoms. The molecule has 0 aromatic rings. The number of halogens is 1. The molecule has 1 aliphatic heterocycles. The summed E-state index contributed by atoms with van der Waals surface area (Å²) in [5.74, 6) is -1.00. The van der Waals surface area contributed by atoms with Crippen LogP contribution in [0.15, 0.2) is 5.18 Å². The molecule has 0 radical (unpaired) electrons. The van der Waals surface area contributed by atoms with Crippen molar-refractivity contribution in [1.82, 2.24) is 0 Å². The standard InChI is InChI=1S/C10H14ClNO6/c1-5(13)16-4-9-8(17-6(2)14)3-7(12-15)10(11)18-9/h7-10H,3-4H2,1-2H3/t7-,8+,9-,10+/m1/s1. The van der Waals surface area contributed by atoms with Gasteiger partial charge >= 0.3 is 11.9 Å². The van der Waals surface area contributed by atoms with E-state index in [4.69, 9.17) is 25.8 Å². The molecule has 0 aromatic carbocycles. The van der Waals surface area contributed by atoms with Crippen molar-refractivity contribution in [2.75, 3.05) is 6.61 Å². The summed E-state index contributed by atoms with van der Waals surface area (Å²) in [4.78, 5) is 32.2. The lowest BCUT2D eigenvalue weighted by molar-refractivity contribution is -0.175. The molecular formula is C10H14ClNO6. The van der Waals surface area contributed by atoms with Crippen molar-refractivity contribution in [2.45, 2.75) is 44.1 Å². The van der Waals surface area contributed by atoms with E-state index in [0.717, 1.165) is 0 Å². The first kappa shape index (κ1) is 14.8. The van der Waals surface area contributed by atoms with Gasteiger partial charge in [-0.25, -0.2) is 0 Å². The smallest absolute Gasteiger partial charge is 0.302 e. The molecular weight excluding hydrogens is 266 g/mol. The number of alkyl halides is 1. The fraction of sp³-hybridized carbons (Fsp3) is 0.800. The molecule has 18 heavy (non-hydrogen) atoms. The Morgan fingerprint density at radius 3 is 2.56 bits per heavy atom. The number of ether oxygens (including phenoxy) is 3. The molecule has 0 N–H and O–H groups in total. The highest BCUT2D eigenvalue weighted by molar-refractivity contribution is 6.20. The molecule has 1 saturated heterocycles. The van der Waals surface area contributed by atoms with Crippen LogP contribution in [0.4, 0.5) is 0 Å². The average Bonchev–Trinajstić information content (AvgIpc) is 2.28. The van der Waals surface area contributed by atoms with Crippen LogP contribution < -0.4 is 0 Å². The summed E-state index contributed by atoms with van der Waals surface area (Å²) in [6, 6.07) is -0.801. The van der Waals surface area contributed by atoms with Gasteiger partial charge in [0.05, 0.1) is 0 Å². The van der Waals surface area contributed by atoms with Gasteiger partial charge in [-0.1, -0.05) is 16.8 Å². The Kier molecular flexibility index (Phi) is 5.49. The largest absolute Gasteiger partial charge is 0.463 e. The first-order valence-electron chi connectivity index (χ1n) is 5.36. The second kappa shape index (κ2) is 6.65. The summed E-state index contributed by atoms with van der Waals surface area (Å²) in [6.45, 7) is 2.39. The van der Waals surface area contributed by atoms with Gasteiger partial charge in [-0.2, -0.15) is 4.91 Å². The molecule has 8 heteroatoms. The van der Waals surface area contributed by atoms with Crippen molar-refractivity contribution in [3.63, 3.8) is 0 Å². The Hall–Kier alpha value is -1.21. The van der Waals surface area contributed by atoms with Gasteiger partial charge in [0.25, 0.3) is 0 Å². The monoisotopic (exact) mass is 279 g/mol. The predicted molar refractivity (Wildman–Crippen MR) is 60.9 cm³/mol. The highest BCUT2D eigenvalue weighted by Gasteiger charge is 2.40. The molecule has 1 aliphatic rings. The zero-order valence-corrected chi connectivity index (χ0v) is 10.8. The molecule has 0 unspecified atom stereocenters. The molecule has 102 valence electrons. The van der Waals surface area contributed by atoms with Crippen LogP contribution in [0.2, 0.25) is 0 Å². The van der Waals surface area contributed by atoms with Crippen molar-refractivity contribution in [2.24, 2.45) is 5.18 Å². The van der Waals surface area contributed by atoms with Crippen LogP contribution in [-0.4, -0.2) is 42.4 Å². The third-order valence-electron chi connectivity index (χ3n) is 2.40. The van der Waals surface area contributed by atoms with Gasteiger partial charge < -0.3 is 14.2 Å². The van der Waals surface area contributed by atoms with E-state index in [1.165, 1.54) is 13.8 Å². The number of rotatable bonds is 4. The van der Waals surface area contributed by atoms with Crippen molar-refractivity contribution < 1.29 is 23.8 Å².